The zero-order chi connectivity index (χ0) is 25.8. The summed E-state index contributed by atoms with van der Waals surface area (Å²) in [5.74, 6) is 0.703. The Morgan fingerprint density at radius 1 is 0.972 bits per heavy atom. The van der Waals surface area contributed by atoms with Gasteiger partial charge in [-0.05, 0) is 41.3 Å². The highest BCUT2D eigenvalue weighted by molar-refractivity contribution is 9.10. The fourth-order valence-corrected chi connectivity index (χ4v) is 5.25. The van der Waals surface area contributed by atoms with Gasteiger partial charge in [-0.3, -0.25) is 9.59 Å². The molecular formula is C29H32BrClN2O2S. The lowest BCUT2D eigenvalue weighted by Gasteiger charge is -2.31. The van der Waals surface area contributed by atoms with Crippen LogP contribution < -0.4 is 5.32 Å². The van der Waals surface area contributed by atoms with Crippen LogP contribution in [-0.4, -0.2) is 35.1 Å². The molecule has 1 atom stereocenters. The molecule has 0 spiro atoms. The highest BCUT2D eigenvalue weighted by Crippen LogP contribution is 2.23. The van der Waals surface area contributed by atoms with Crippen molar-refractivity contribution in [3.05, 3.63) is 105 Å². The summed E-state index contributed by atoms with van der Waals surface area (Å²) in [6.45, 7) is 3.05. The number of benzene rings is 3. The van der Waals surface area contributed by atoms with Crippen molar-refractivity contribution in [2.45, 2.75) is 44.5 Å². The van der Waals surface area contributed by atoms with E-state index in [0.29, 0.717) is 30.3 Å². The summed E-state index contributed by atoms with van der Waals surface area (Å²) in [7, 11) is 0. The van der Waals surface area contributed by atoms with E-state index < -0.39 is 6.04 Å². The molecule has 0 aromatic heterocycles. The van der Waals surface area contributed by atoms with Gasteiger partial charge in [-0.15, -0.1) is 11.8 Å². The van der Waals surface area contributed by atoms with Crippen LogP contribution in [0.25, 0.3) is 0 Å². The molecule has 0 aliphatic heterocycles. The molecule has 0 aliphatic carbocycles. The van der Waals surface area contributed by atoms with Crippen molar-refractivity contribution >= 4 is 51.1 Å². The fraction of sp³-hybridized carbons (Fsp3) is 0.310. The van der Waals surface area contributed by atoms with Gasteiger partial charge in [0.25, 0.3) is 0 Å². The number of carbonyl (C=O) groups excluding carboxylic acids is 2. The van der Waals surface area contributed by atoms with E-state index in [1.807, 2.05) is 78.9 Å². The van der Waals surface area contributed by atoms with Gasteiger partial charge in [0, 0.05) is 34.8 Å². The van der Waals surface area contributed by atoms with Crippen LogP contribution in [0.2, 0.25) is 5.02 Å². The number of carbonyl (C=O) groups is 2. The minimum atomic E-state index is -0.610. The quantitative estimate of drug-likeness (QED) is 0.222. The van der Waals surface area contributed by atoms with Crippen molar-refractivity contribution in [2.24, 2.45) is 0 Å². The summed E-state index contributed by atoms with van der Waals surface area (Å²) in [6.07, 6.45) is 2.35. The monoisotopic (exact) mass is 586 g/mol. The number of nitrogens with zero attached hydrogens (tertiary/aromatic N) is 1. The molecule has 0 unspecified atom stereocenters. The Labute approximate surface area is 231 Å². The van der Waals surface area contributed by atoms with Crippen LogP contribution in [0.4, 0.5) is 0 Å². The molecule has 3 aromatic carbocycles. The first-order valence-corrected chi connectivity index (χ1v) is 14.5. The first-order chi connectivity index (χ1) is 17.5. The Balaban J connectivity index is 1.83. The minimum absolute atomic E-state index is 0.0680. The predicted octanol–water partition coefficient (Wildman–Crippen LogP) is 6.89. The van der Waals surface area contributed by atoms with Gasteiger partial charge >= 0.3 is 0 Å². The molecule has 0 fully saturated rings. The lowest BCUT2D eigenvalue weighted by molar-refractivity contribution is -0.139. The van der Waals surface area contributed by atoms with E-state index in [1.165, 1.54) is 11.8 Å². The van der Waals surface area contributed by atoms with Crippen LogP contribution in [0.5, 0.6) is 0 Å². The van der Waals surface area contributed by atoms with Crippen molar-refractivity contribution in [3.63, 3.8) is 0 Å². The average molecular weight is 588 g/mol. The number of thioether (sulfide) groups is 1. The summed E-state index contributed by atoms with van der Waals surface area (Å²) >= 11 is 11.3. The largest absolute Gasteiger partial charge is 0.354 e. The third-order valence-electron chi connectivity index (χ3n) is 5.81. The highest BCUT2D eigenvalue weighted by Gasteiger charge is 2.30. The summed E-state index contributed by atoms with van der Waals surface area (Å²) in [4.78, 5) is 28.8. The van der Waals surface area contributed by atoms with E-state index in [4.69, 9.17) is 11.6 Å². The molecule has 2 amide bonds. The fourth-order valence-electron chi connectivity index (χ4n) is 3.79. The topological polar surface area (TPSA) is 49.4 Å². The second-order valence-corrected chi connectivity index (χ2v) is 10.9. The smallest absolute Gasteiger partial charge is 0.243 e. The normalized spacial score (nSPS) is 11.6. The Morgan fingerprint density at radius 2 is 1.67 bits per heavy atom. The molecule has 190 valence electrons. The molecule has 1 N–H and O–H groups in total. The number of hydrogen-bond acceptors (Lipinski definition) is 3. The van der Waals surface area contributed by atoms with E-state index in [1.54, 1.807) is 4.90 Å². The van der Waals surface area contributed by atoms with Gasteiger partial charge in [-0.25, -0.2) is 0 Å². The van der Waals surface area contributed by atoms with Gasteiger partial charge in [0.1, 0.15) is 6.04 Å². The first kappa shape index (κ1) is 28.3. The molecule has 0 saturated carbocycles. The molecule has 0 aliphatic rings. The average Bonchev–Trinajstić information content (AvgIpc) is 2.89. The van der Waals surface area contributed by atoms with Gasteiger partial charge < -0.3 is 10.2 Å². The molecule has 36 heavy (non-hydrogen) atoms. The van der Waals surface area contributed by atoms with E-state index in [0.717, 1.165) is 34.0 Å². The maximum Gasteiger partial charge on any atom is 0.243 e. The van der Waals surface area contributed by atoms with E-state index in [2.05, 4.69) is 28.2 Å². The third-order valence-corrected chi connectivity index (χ3v) is 7.67. The summed E-state index contributed by atoms with van der Waals surface area (Å²) in [6, 6.07) is 24.8. The standard InChI is InChI=1S/C29H32BrClN2O2S/c1-2-3-17-32-29(35)27(18-22-9-5-4-6-10-22)33(19-23-13-15-25(30)16-14-23)28(34)21-36-20-24-11-7-8-12-26(24)31/h4-16,27H,2-3,17-21H2,1H3,(H,32,35)/t27-/m1/s1. The SMILES string of the molecule is CCCCNC(=O)[C@@H](Cc1ccccc1)N(Cc1ccc(Br)cc1)C(=O)CSCc1ccccc1Cl. The molecule has 7 heteroatoms. The summed E-state index contributed by atoms with van der Waals surface area (Å²) < 4.78 is 0.970. The lowest BCUT2D eigenvalue weighted by Crippen LogP contribution is -2.51. The Bertz CT molecular complexity index is 1110. The predicted molar refractivity (Wildman–Crippen MR) is 154 cm³/mol. The second-order valence-electron chi connectivity index (χ2n) is 8.58. The van der Waals surface area contributed by atoms with Crippen LogP contribution >= 0.6 is 39.3 Å². The Kier molecular flexibility index (Phi) is 11.9. The zero-order valence-electron chi connectivity index (χ0n) is 20.5. The van der Waals surface area contributed by atoms with Crippen molar-refractivity contribution in [2.75, 3.05) is 12.3 Å². The summed E-state index contributed by atoms with van der Waals surface area (Å²) in [5, 5.41) is 3.75. The molecule has 3 rings (SSSR count). The van der Waals surface area contributed by atoms with Crippen LogP contribution in [0, 0.1) is 0 Å². The lowest BCUT2D eigenvalue weighted by atomic mass is 10.0. The first-order valence-electron chi connectivity index (χ1n) is 12.1. The number of nitrogens with one attached hydrogen (secondary N) is 1. The number of halogens is 2. The van der Waals surface area contributed by atoms with E-state index in [9.17, 15) is 9.59 Å². The molecule has 0 saturated heterocycles. The Morgan fingerprint density at radius 3 is 2.36 bits per heavy atom. The van der Waals surface area contributed by atoms with E-state index in [-0.39, 0.29) is 17.6 Å². The number of amides is 2. The molecule has 0 radical (unpaired) electrons. The van der Waals surface area contributed by atoms with Gasteiger partial charge in [0.05, 0.1) is 5.75 Å². The molecule has 0 heterocycles. The van der Waals surface area contributed by atoms with Crippen LogP contribution in [0.15, 0.2) is 83.3 Å². The van der Waals surface area contributed by atoms with Gasteiger partial charge in [0.15, 0.2) is 0 Å². The maximum absolute atomic E-state index is 13.6. The number of hydrogen-bond donors (Lipinski definition) is 1. The van der Waals surface area contributed by atoms with Crippen LogP contribution in [0.1, 0.15) is 36.5 Å². The maximum atomic E-state index is 13.6. The van der Waals surface area contributed by atoms with Crippen molar-refractivity contribution in [1.29, 1.82) is 0 Å². The third kappa shape index (κ3) is 8.99. The molecular weight excluding hydrogens is 556 g/mol. The van der Waals surface area contributed by atoms with Crippen molar-refractivity contribution in [1.82, 2.24) is 10.2 Å². The number of unbranched alkanes of at least 4 members (excludes halogenated alkanes) is 1. The minimum Gasteiger partial charge on any atom is -0.354 e. The zero-order valence-corrected chi connectivity index (χ0v) is 23.6. The van der Waals surface area contributed by atoms with Gasteiger partial charge in [-0.1, -0.05) is 102 Å². The van der Waals surface area contributed by atoms with Crippen LogP contribution in [0.3, 0.4) is 0 Å². The molecule has 4 nitrogen and oxygen atoms in total. The summed E-state index contributed by atoms with van der Waals surface area (Å²) in [5.41, 5.74) is 2.99. The molecule has 3 aromatic rings. The van der Waals surface area contributed by atoms with Crippen LogP contribution in [-0.2, 0) is 28.3 Å². The second kappa shape index (κ2) is 15.1. The Hall–Kier alpha value is -2.28. The van der Waals surface area contributed by atoms with E-state index >= 15 is 0 Å². The van der Waals surface area contributed by atoms with Crippen molar-refractivity contribution in [3.8, 4) is 0 Å². The number of rotatable bonds is 13. The molecule has 0 bridgehead atoms. The van der Waals surface area contributed by atoms with Crippen molar-refractivity contribution < 1.29 is 9.59 Å². The van der Waals surface area contributed by atoms with Gasteiger partial charge in [0.2, 0.25) is 11.8 Å². The van der Waals surface area contributed by atoms with Gasteiger partial charge in [-0.2, -0.15) is 0 Å². The highest BCUT2D eigenvalue weighted by atomic mass is 79.9.